The zero-order valence-electron chi connectivity index (χ0n) is 12.2. The summed E-state index contributed by atoms with van der Waals surface area (Å²) in [5, 5.41) is 4.01. The third-order valence-corrected chi connectivity index (χ3v) is 3.56. The monoisotopic (exact) mass is 300 g/mol. The maximum atomic E-state index is 12.3. The van der Waals surface area contributed by atoms with Gasteiger partial charge in [0.25, 0.3) is 0 Å². The fraction of sp³-hybridized carbons (Fsp3) is 0.400. The van der Waals surface area contributed by atoms with Crippen molar-refractivity contribution in [2.45, 2.75) is 25.9 Å². The number of ether oxygens (including phenoxy) is 1. The summed E-state index contributed by atoms with van der Waals surface area (Å²) in [6.45, 7) is 0.196. The second-order valence-corrected chi connectivity index (χ2v) is 5.28. The summed E-state index contributed by atoms with van der Waals surface area (Å²) in [6.07, 6.45) is 4.68. The summed E-state index contributed by atoms with van der Waals surface area (Å²) in [5.41, 5.74) is 0.934. The Balaban J connectivity index is 1.85. The minimum Gasteiger partial charge on any atom is -0.378 e. The molecule has 0 bridgehead atoms. The molecule has 2 aromatic heterocycles. The van der Waals surface area contributed by atoms with E-state index in [1.807, 2.05) is 0 Å². The Labute approximate surface area is 127 Å². The van der Waals surface area contributed by atoms with Gasteiger partial charge in [0, 0.05) is 18.6 Å². The summed E-state index contributed by atoms with van der Waals surface area (Å²) in [4.78, 5) is 32.4. The molecule has 0 aliphatic heterocycles. The van der Waals surface area contributed by atoms with Gasteiger partial charge in [-0.05, 0) is 25.0 Å². The summed E-state index contributed by atoms with van der Waals surface area (Å²) in [6, 6.07) is 3.35. The fourth-order valence-electron chi connectivity index (χ4n) is 2.25. The van der Waals surface area contributed by atoms with Crippen LogP contribution >= 0.6 is 0 Å². The molecule has 0 aromatic carbocycles. The van der Waals surface area contributed by atoms with E-state index in [0.29, 0.717) is 17.1 Å². The Morgan fingerprint density at radius 1 is 1.36 bits per heavy atom. The maximum absolute atomic E-state index is 12.3. The molecule has 1 aliphatic carbocycles. The number of ketones is 2. The van der Waals surface area contributed by atoms with E-state index in [4.69, 9.17) is 4.74 Å². The van der Waals surface area contributed by atoms with Crippen LogP contribution in [0, 0.1) is 5.92 Å². The predicted octanol–water partition coefficient (Wildman–Crippen LogP) is 1.36. The number of pyridine rings is 1. The molecule has 0 atom stereocenters. The van der Waals surface area contributed by atoms with E-state index in [1.165, 1.54) is 24.4 Å². The van der Waals surface area contributed by atoms with Gasteiger partial charge in [-0.2, -0.15) is 5.10 Å². The number of carbonyl (C=O) groups excluding carboxylic acids is 2. The fourth-order valence-corrected chi connectivity index (χ4v) is 2.25. The number of rotatable bonds is 7. The first kappa shape index (κ1) is 14.5. The Hall–Kier alpha value is -2.41. The van der Waals surface area contributed by atoms with Crippen molar-refractivity contribution in [2.24, 2.45) is 5.92 Å². The van der Waals surface area contributed by atoms with E-state index < -0.39 is 0 Å². The van der Waals surface area contributed by atoms with E-state index in [1.54, 1.807) is 12.1 Å². The molecule has 7 nitrogen and oxygen atoms in total. The van der Waals surface area contributed by atoms with Gasteiger partial charge in [-0.3, -0.25) is 9.59 Å². The zero-order valence-corrected chi connectivity index (χ0v) is 12.2. The van der Waals surface area contributed by atoms with E-state index in [2.05, 4.69) is 15.1 Å². The van der Waals surface area contributed by atoms with Crippen molar-refractivity contribution in [2.75, 3.05) is 7.11 Å². The summed E-state index contributed by atoms with van der Waals surface area (Å²) in [7, 11) is 1.54. The lowest BCUT2D eigenvalue weighted by Crippen LogP contribution is -2.14. The minimum atomic E-state index is -0.207. The summed E-state index contributed by atoms with van der Waals surface area (Å²) >= 11 is 0. The van der Waals surface area contributed by atoms with Gasteiger partial charge in [-0.25, -0.2) is 14.6 Å². The first-order valence-corrected chi connectivity index (χ1v) is 7.09. The highest BCUT2D eigenvalue weighted by Gasteiger charge is 2.31. The normalized spacial score (nSPS) is 14.0. The molecule has 0 amide bonds. The first-order chi connectivity index (χ1) is 10.7. The van der Waals surface area contributed by atoms with Crippen LogP contribution in [0.15, 0.2) is 24.8 Å². The molecule has 1 aliphatic rings. The zero-order chi connectivity index (χ0) is 15.5. The van der Waals surface area contributed by atoms with Gasteiger partial charge in [0.15, 0.2) is 11.6 Å². The van der Waals surface area contributed by atoms with Crippen LogP contribution in [0.1, 0.15) is 35.3 Å². The number of hydrogen-bond donors (Lipinski definition) is 0. The van der Waals surface area contributed by atoms with Crippen LogP contribution in [0.5, 0.6) is 0 Å². The highest BCUT2D eigenvalue weighted by atomic mass is 16.5. The van der Waals surface area contributed by atoms with Crippen molar-refractivity contribution in [1.29, 1.82) is 0 Å². The van der Waals surface area contributed by atoms with Crippen molar-refractivity contribution in [3.05, 3.63) is 36.0 Å². The lowest BCUT2D eigenvalue weighted by Gasteiger charge is -2.09. The van der Waals surface area contributed by atoms with Crippen LogP contribution in [-0.2, 0) is 16.1 Å². The molecule has 2 aromatic rings. The highest BCUT2D eigenvalue weighted by molar-refractivity contribution is 6.09. The maximum Gasteiger partial charge on any atom is 0.172 e. The molecular weight excluding hydrogens is 284 g/mol. The summed E-state index contributed by atoms with van der Waals surface area (Å²) < 4.78 is 6.61. The first-order valence-electron chi connectivity index (χ1n) is 7.09. The number of carbonyl (C=O) groups is 2. The lowest BCUT2D eigenvalue weighted by molar-refractivity contribution is -0.119. The third-order valence-electron chi connectivity index (χ3n) is 3.56. The van der Waals surface area contributed by atoms with Crippen molar-refractivity contribution >= 4 is 11.6 Å². The quantitative estimate of drug-likeness (QED) is 0.567. The lowest BCUT2D eigenvalue weighted by atomic mass is 10.0. The van der Waals surface area contributed by atoms with Crippen molar-refractivity contribution in [3.8, 4) is 5.82 Å². The number of Topliss-reactive ketones (excluding diaryl/α,β-unsaturated/α-hetero) is 2. The molecule has 0 N–H and O–H groups in total. The molecule has 22 heavy (non-hydrogen) atoms. The van der Waals surface area contributed by atoms with Crippen molar-refractivity contribution in [1.82, 2.24) is 19.7 Å². The van der Waals surface area contributed by atoms with Gasteiger partial charge in [0.1, 0.15) is 18.4 Å². The van der Waals surface area contributed by atoms with E-state index in [-0.39, 0.29) is 30.5 Å². The SMILES string of the molecule is COCc1nc(-n2cncn2)ccc1C(=O)CC(=O)C1CC1. The van der Waals surface area contributed by atoms with Crippen LogP contribution < -0.4 is 0 Å². The summed E-state index contributed by atoms with van der Waals surface area (Å²) in [5.74, 6) is 0.446. The average Bonchev–Trinajstić information content (AvgIpc) is 3.22. The van der Waals surface area contributed by atoms with Gasteiger partial charge >= 0.3 is 0 Å². The molecule has 0 saturated heterocycles. The molecule has 7 heteroatoms. The number of nitrogens with zero attached hydrogens (tertiary/aromatic N) is 4. The average molecular weight is 300 g/mol. The smallest absolute Gasteiger partial charge is 0.172 e. The molecule has 2 heterocycles. The van der Waals surface area contributed by atoms with Crippen molar-refractivity contribution < 1.29 is 14.3 Å². The molecule has 0 radical (unpaired) electrons. The van der Waals surface area contributed by atoms with Gasteiger partial charge in [-0.15, -0.1) is 0 Å². The van der Waals surface area contributed by atoms with Crippen LogP contribution in [-0.4, -0.2) is 38.4 Å². The van der Waals surface area contributed by atoms with E-state index in [0.717, 1.165) is 12.8 Å². The van der Waals surface area contributed by atoms with Gasteiger partial charge in [-0.1, -0.05) is 0 Å². The van der Waals surface area contributed by atoms with Crippen LogP contribution in [0.25, 0.3) is 5.82 Å². The molecular formula is C15H16N4O3. The predicted molar refractivity (Wildman–Crippen MR) is 76.5 cm³/mol. The number of methoxy groups -OCH3 is 1. The Kier molecular flexibility index (Phi) is 4.06. The molecule has 0 unspecified atom stereocenters. The van der Waals surface area contributed by atoms with Crippen LogP contribution in [0.2, 0.25) is 0 Å². The van der Waals surface area contributed by atoms with E-state index >= 15 is 0 Å². The highest BCUT2D eigenvalue weighted by Crippen LogP contribution is 2.31. The Bertz CT molecular complexity index is 693. The minimum absolute atomic E-state index is 0.0220. The third kappa shape index (κ3) is 3.09. The second kappa shape index (κ2) is 6.15. The topological polar surface area (TPSA) is 87.0 Å². The second-order valence-electron chi connectivity index (χ2n) is 5.28. The molecule has 1 fully saturated rings. The standard InChI is InChI=1S/C15H16N4O3/c1-22-7-12-11(14(21)6-13(20)10-2-3-10)4-5-15(18-12)19-9-16-8-17-19/h4-5,8-10H,2-3,6-7H2,1H3. The molecule has 0 spiro atoms. The van der Waals surface area contributed by atoms with Gasteiger partial charge in [0.05, 0.1) is 18.7 Å². The van der Waals surface area contributed by atoms with Crippen LogP contribution in [0.3, 0.4) is 0 Å². The Morgan fingerprint density at radius 2 is 2.18 bits per heavy atom. The van der Waals surface area contributed by atoms with Crippen LogP contribution in [0.4, 0.5) is 0 Å². The largest absolute Gasteiger partial charge is 0.378 e. The van der Waals surface area contributed by atoms with E-state index in [9.17, 15) is 9.59 Å². The number of aromatic nitrogens is 4. The molecule has 114 valence electrons. The van der Waals surface area contributed by atoms with Gasteiger partial charge < -0.3 is 4.74 Å². The molecule has 1 saturated carbocycles. The van der Waals surface area contributed by atoms with Crippen molar-refractivity contribution in [3.63, 3.8) is 0 Å². The molecule has 3 rings (SSSR count). The Morgan fingerprint density at radius 3 is 2.82 bits per heavy atom. The van der Waals surface area contributed by atoms with Gasteiger partial charge in [0.2, 0.25) is 0 Å². The number of hydrogen-bond acceptors (Lipinski definition) is 6.